The second-order valence-corrected chi connectivity index (χ2v) is 6.32. The van der Waals surface area contributed by atoms with Crippen molar-refractivity contribution >= 4 is 17.4 Å². The summed E-state index contributed by atoms with van der Waals surface area (Å²) in [4.78, 5) is 12.4. The van der Waals surface area contributed by atoms with Crippen LogP contribution in [-0.2, 0) is 12.6 Å². The standard InChI is InChI=1S/C21H14ClF3O/c22-19-6-2-4-17(13-19)15-7-9-16(10-8-15)20(26)12-14-3-1-5-18(11-14)21(23,24)25/h1-11,13H,12H2. The quantitative estimate of drug-likeness (QED) is 0.479. The molecule has 0 radical (unpaired) electrons. The van der Waals surface area contributed by atoms with Crippen molar-refractivity contribution in [2.45, 2.75) is 12.6 Å². The molecule has 132 valence electrons. The van der Waals surface area contributed by atoms with Crippen LogP contribution in [0.15, 0.2) is 72.8 Å². The minimum atomic E-state index is -4.42. The number of carbonyl (C=O) groups is 1. The fraction of sp³-hybridized carbons (Fsp3) is 0.0952. The van der Waals surface area contributed by atoms with Gasteiger partial charge < -0.3 is 0 Å². The van der Waals surface area contributed by atoms with Gasteiger partial charge in [-0.05, 0) is 34.9 Å². The first-order valence-corrected chi connectivity index (χ1v) is 8.26. The number of rotatable bonds is 4. The number of ketones is 1. The smallest absolute Gasteiger partial charge is 0.294 e. The van der Waals surface area contributed by atoms with Gasteiger partial charge in [0.15, 0.2) is 5.78 Å². The summed E-state index contributed by atoms with van der Waals surface area (Å²) in [5, 5.41) is 0.618. The molecule has 0 aromatic heterocycles. The molecule has 3 aromatic rings. The van der Waals surface area contributed by atoms with Gasteiger partial charge in [-0.1, -0.05) is 66.2 Å². The van der Waals surface area contributed by atoms with Crippen LogP contribution in [0, 0.1) is 0 Å². The summed E-state index contributed by atoms with van der Waals surface area (Å²) in [6.07, 6.45) is -4.50. The van der Waals surface area contributed by atoms with E-state index in [2.05, 4.69) is 0 Å². The van der Waals surface area contributed by atoms with Gasteiger partial charge in [0.05, 0.1) is 5.56 Å². The molecule has 0 bridgehead atoms. The van der Waals surface area contributed by atoms with E-state index in [1.54, 1.807) is 30.3 Å². The molecule has 0 unspecified atom stereocenters. The molecule has 5 heteroatoms. The van der Waals surface area contributed by atoms with E-state index in [9.17, 15) is 18.0 Å². The van der Waals surface area contributed by atoms with Crippen molar-refractivity contribution in [1.82, 2.24) is 0 Å². The monoisotopic (exact) mass is 374 g/mol. The van der Waals surface area contributed by atoms with Gasteiger partial charge in [-0.25, -0.2) is 0 Å². The second-order valence-electron chi connectivity index (χ2n) is 5.89. The second kappa shape index (κ2) is 7.34. The molecule has 3 rings (SSSR count). The predicted octanol–water partition coefficient (Wildman–Crippen LogP) is 6.45. The third kappa shape index (κ3) is 4.33. The number of halogens is 4. The van der Waals surface area contributed by atoms with E-state index < -0.39 is 11.7 Å². The van der Waals surface area contributed by atoms with Crippen molar-refractivity contribution in [2.75, 3.05) is 0 Å². The third-order valence-electron chi connectivity index (χ3n) is 3.98. The van der Waals surface area contributed by atoms with E-state index in [4.69, 9.17) is 11.6 Å². The largest absolute Gasteiger partial charge is 0.416 e. The average Bonchev–Trinajstić information content (AvgIpc) is 2.61. The number of Topliss-reactive ketones (excluding diaryl/α,β-unsaturated/α-hetero) is 1. The molecular weight excluding hydrogens is 361 g/mol. The van der Waals surface area contributed by atoms with Gasteiger partial charge in [-0.15, -0.1) is 0 Å². The van der Waals surface area contributed by atoms with Gasteiger partial charge in [0.25, 0.3) is 0 Å². The van der Waals surface area contributed by atoms with Crippen LogP contribution in [0.1, 0.15) is 21.5 Å². The first-order chi connectivity index (χ1) is 12.3. The zero-order chi connectivity index (χ0) is 18.7. The fourth-order valence-electron chi connectivity index (χ4n) is 2.66. The van der Waals surface area contributed by atoms with Crippen molar-refractivity contribution < 1.29 is 18.0 Å². The maximum Gasteiger partial charge on any atom is 0.416 e. The summed E-state index contributed by atoms with van der Waals surface area (Å²) in [5.41, 5.74) is 1.87. The molecule has 0 fully saturated rings. The third-order valence-corrected chi connectivity index (χ3v) is 4.22. The number of benzene rings is 3. The van der Waals surface area contributed by atoms with Gasteiger partial charge >= 0.3 is 6.18 Å². The van der Waals surface area contributed by atoms with E-state index in [0.717, 1.165) is 23.3 Å². The molecule has 0 aliphatic carbocycles. The molecule has 0 aliphatic heterocycles. The van der Waals surface area contributed by atoms with Crippen LogP contribution in [-0.4, -0.2) is 5.78 Å². The van der Waals surface area contributed by atoms with Crippen LogP contribution in [0.3, 0.4) is 0 Å². The van der Waals surface area contributed by atoms with Crippen LogP contribution < -0.4 is 0 Å². The Hall–Kier alpha value is -2.59. The molecule has 0 aliphatic rings. The lowest BCUT2D eigenvalue weighted by Gasteiger charge is -2.09. The molecule has 0 amide bonds. The summed E-state index contributed by atoms with van der Waals surface area (Å²) in [5.74, 6) is -0.234. The summed E-state index contributed by atoms with van der Waals surface area (Å²) in [7, 11) is 0. The molecule has 3 aromatic carbocycles. The number of hydrogen-bond acceptors (Lipinski definition) is 1. The first-order valence-electron chi connectivity index (χ1n) is 7.88. The normalized spacial score (nSPS) is 11.4. The Balaban J connectivity index is 1.77. The Morgan fingerprint density at radius 1 is 0.846 bits per heavy atom. The molecule has 0 spiro atoms. The first kappa shape index (κ1) is 18.2. The zero-order valence-corrected chi connectivity index (χ0v) is 14.3. The van der Waals surface area contributed by atoms with Crippen LogP contribution >= 0.6 is 11.6 Å². The van der Waals surface area contributed by atoms with Crippen molar-refractivity contribution in [3.05, 3.63) is 94.5 Å². The molecule has 0 N–H and O–H groups in total. The molecule has 26 heavy (non-hydrogen) atoms. The minimum Gasteiger partial charge on any atom is -0.294 e. The van der Waals surface area contributed by atoms with Crippen LogP contribution in [0.25, 0.3) is 11.1 Å². The summed E-state index contributed by atoms with van der Waals surface area (Å²) in [6, 6.07) is 19.1. The molecule has 0 saturated carbocycles. The highest BCUT2D eigenvalue weighted by Gasteiger charge is 2.30. The summed E-state index contributed by atoms with van der Waals surface area (Å²) >= 11 is 5.98. The van der Waals surface area contributed by atoms with Crippen molar-refractivity contribution in [3.8, 4) is 11.1 Å². The Kier molecular flexibility index (Phi) is 5.14. The maximum absolute atomic E-state index is 12.8. The van der Waals surface area contributed by atoms with E-state index in [0.29, 0.717) is 16.1 Å². The predicted molar refractivity (Wildman–Crippen MR) is 96.4 cm³/mol. The fourth-order valence-corrected chi connectivity index (χ4v) is 2.85. The topological polar surface area (TPSA) is 17.1 Å². The van der Waals surface area contributed by atoms with Crippen LogP contribution in [0.2, 0.25) is 5.02 Å². The number of carbonyl (C=O) groups excluding carboxylic acids is 1. The summed E-state index contributed by atoms with van der Waals surface area (Å²) < 4.78 is 38.3. The molecule has 0 saturated heterocycles. The highest BCUT2D eigenvalue weighted by molar-refractivity contribution is 6.30. The molecular formula is C21H14ClF3O. The van der Waals surface area contributed by atoms with Gasteiger partial charge in [0.1, 0.15) is 0 Å². The van der Waals surface area contributed by atoms with Crippen LogP contribution in [0.4, 0.5) is 13.2 Å². The Bertz CT molecular complexity index is 930. The van der Waals surface area contributed by atoms with Crippen molar-refractivity contribution in [1.29, 1.82) is 0 Å². The van der Waals surface area contributed by atoms with Crippen molar-refractivity contribution in [3.63, 3.8) is 0 Å². The average molecular weight is 375 g/mol. The Labute approximate surface area is 154 Å². The number of hydrogen-bond donors (Lipinski definition) is 0. The van der Waals surface area contributed by atoms with Gasteiger partial charge in [0, 0.05) is 17.0 Å². The van der Waals surface area contributed by atoms with Gasteiger partial charge in [-0.2, -0.15) is 13.2 Å². The molecule has 0 heterocycles. The SMILES string of the molecule is O=C(Cc1cccc(C(F)(F)F)c1)c1ccc(-c2cccc(Cl)c2)cc1. The number of alkyl halides is 3. The Morgan fingerprint density at radius 3 is 2.19 bits per heavy atom. The molecule has 0 atom stereocenters. The highest BCUT2D eigenvalue weighted by Crippen LogP contribution is 2.30. The van der Waals surface area contributed by atoms with Crippen molar-refractivity contribution in [2.24, 2.45) is 0 Å². The van der Waals surface area contributed by atoms with E-state index >= 15 is 0 Å². The van der Waals surface area contributed by atoms with E-state index in [-0.39, 0.29) is 12.2 Å². The Morgan fingerprint density at radius 2 is 1.54 bits per heavy atom. The lowest BCUT2D eigenvalue weighted by Crippen LogP contribution is -2.08. The molecule has 1 nitrogen and oxygen atoms in total. The highest BCUT2D eigenvalue weighted by atomic mass is 35.5. The van der Waals surface area contributed by atoms with Crippen LogP contribution in [0.5, 0.6) is 0 Å². The zero-order valence-electron chi connectivity index (χ0n) is 13.6. The summed E-state index contributed by atoms with van der Waals surface area (Å²) in [6.45, 7) is 0. The maximum atomic E-state index is 12.8. The van der Waals surface area contributed by atoms with Gasteiger partial charge in [0.2, 0.25) is 0 Å². The minimum absolute atomic E-state index is 0.0829. The lowest BCUT2D eigenvalue weighted by atomic mass is 9.98. The van der Waals surface area contributed by atoms with E-state index in [1.807, 2.05) is 18.2 Å². The van der Waals surface area contributed by atoms with E-state index in [1.165, 1.54) is 12.1 Å². The van der Waals surface area contributed by atoms with Gasteiger partial charge in [-0.3, -0.25) is 4.79 Å². The lowest BCUT2D eigenvalue weighted by molar-refractivity contribution is -0.137.